The summed E-state index contributed by atoms with van der Waals surface area (Å²) < 4.78 is 0. The summed E-state index contributed by atoms with van der Waals surface area (Å²) >= 11 is 0. The highest BCUT2D eigenvalue weighted by atomic mass is 16.3. The second-order valence-corrected chi connectivity index (χ2v) is 1.51. The lowest BCUT2D eigenvalue weighted by Crippen LogP contribution is -1.92. The average Bonchev–Trinajstić information content (AvgIpc) is 1.66. The summed E-state index contributed by atoms with van der Waals surface area (Å²) in [4.78, 5) is 0. The van der Waals surface area contributed by atoms with Crippen LogP contribution in [0.15, 0.2) is 12.2 Å². The van der Waals surface area contributed by atoms with Crippen LogP contribution in [0.25, 0.3) is 0 Å². The highest BCUT2D eigenvalue weighted by molar-refractivity contribution is 4.89. The standard InChI is InChI=1S/C6H11O2/c1-6(8)4-2-3-5-7/h2,4,6-8H,1,3,5H2. The van der Waals surface area contributed by atoms with Crippen molar-refractivity contribution in [3.05, 3.63) is 19.1 Å². The van der Waals surface area contributed by atoms with E-state index in [4.69, 9.17) is 10.2 Å². The van der Waals surface area contributed by atoms with E-state index in [2.05, 4.69) is 6.92 Å². The van der Waals surface area contributed by atoms with Gasteiger partial charge in [0.15, 0.2) is 0 Å². The van der Waals surface area contributed by atoms with Crippen LogP contribution >= 0.6 is 0 Å². The summed E-state index contributed by atoms with van der Waals surface area (Å²) in [6.45, 7) is 3.43. The summed E-state index contributed by atoms with van der Waals surface area (Å²) in [5.41, 5.74) is 0. The first-order valence-corrected chi connectivity index (χ1v) is 2.56. The van der Waals surface area contributed by atoms with E-state index in [1.54, 1.807) is 6.08 Å². The average molecular weight is 115 g/mol. The summed E-state index contributed by atoms with van der Waals surface area (Å²) in [5, 5.41) is 16.7. The van der Waals surface area contributed by atoms with Crippen molar-refractivity contribution in [2.45, 2.75) is 12.5 Å². The Hall–Kier alpha value is -0.340. The number of aliphatic hydroxyl groups excluding tert-OH is 2. The highest BCUT2D eigenvalue weighted by Crippen LogP contribution is 1.84. The molecule has 8 heavy (non-hydrogen) atoms. The molecule has 1 radical (unpaired) electrons. The number of hydrogen-bond donors (Lipinski definition) is 2. The Morgan fingerprint density at radius 3 is 2.62 bits per heavy atom. The Morgan fingerprint density at radius 1 is 1.62 bits per heavy atom. The Labute approximate surface area is 49.5 Å². The molecule has 0 rings (SSSR count). The fourth-order valence-electron chi connectivity index (χ4n) is 0.328. The maximum atomic E-state index is 8.50. The maximum Gasteiger partial charge on any atom is 0.0722 e. The molecule has 0 saturated heterocycles. The van der Waals surface area contributed by atoms with E-state index in [1.807, 2.05) is 0 Å². The molecule has 0 spiro atoms. The molecule has 2 heteroatoms. The summed E-state index contributed by atoms with van der Waals surface area (Å²) in [5.74, 6) is 0. The summed E-state index contributed by atoms with van der Waals surface area (Å²) in [7, 11) is 0. The topological polar surface area (TPSA) is 40.5 Å². The molecule has 0 amide bonds. The van der Waals surface area contributed by atoms with Crippen LogP contribution in [0.2, 0.25) is 0 Å². The Bertz CT molecular complexity index is 66.9. The van der Waals surface area contributed by atoms with Gasteiger partial charge in [-0.3, -0.25) is 0 Å². The molecule has 0 aromatic rings. The van der Waals surface area contributed by atoms with Crippen LogP contribution in [0, 0.1) is 6.92 Å². The van der Waals surface area contributed by atoms with Crippen LogP contribution in [-0.2, 0) is 0 Å². The van der Waals surface area contributed by atoms with E-state index in [-0.39, 0.29) is 6.61 Å². The van der Waals surface area contributed by atoms with Gasteiger partial charge in [0.25, 0.3) is 0 Å². The molecule has 0 aliphatic heterocycles. The van der Waals surface area contributed by atoms with Gasteiger partial charge in [-0.25, -0.2) is 0 Å². The Morgan fingerprint density at radius 2 is 2.25 bits per heavy atom. The van der Waals surface area contributed by atoms with E-state index in [0.29, 0.717) is 6.42 Å². The quantitative estimate of drug-likeness (QED) is 0.513. The smallest absolute Gasteiger partial charge is 0.0722 e. The monoisotopic (exact) mass is 115 g/mol. The molecule has 0 fully saturated rings. The molecule has 2 N–H and O–H groups in total. The van der Waals surface area contributed by atoms with Crippen molar-refractivity contribution < 1.29 is 10.2 Å². The third-order valence-corrected chi connectivity index (χ3v) is 0.654. The van der Waals surface area contributed by atoms with Gasteiger partial charge in [0, 0.05) is 6.61 Å². The molecule has 0 bridgehead atoms. The zero-order valence-corrected chi connectivity index (χ0v) is 4.75. The normalized spacial score (nSPS) is 14.9. The van der Waals surface area contributed by atoms with Gasteiger partial charge in [-0.2, -0.15) is 0 Å². The van der Waals surface area contributed by atoms with Crippen molar-refractivity contribution >= 4 is 0 Å². The van der Waals surface area contributed by atoms with Gasteiger partial charge in [-0.05, 0) is 13.3 Å². The van der Waals surface area contributed by atoms with Gasteiger partial charge in [-0.15, -0.1) is 0 Å². The van der Waals surface area contributed by atoms with Crippen LogP contribution in [0.3, 0.4) is 0 Å². The van der Waals surface area contributed by atoms with Gasteiger partial charge in [0.05, 0.1) is 6.10 Å². The van der Waals surface area contributed by atoms with Gasteiger partial charge in [0.1, 0.15) is 0 Å². The van der Waals surface area contributed by atoms with Gasteiger partial charge in [-0.1, -0.05) is 12.2 Å². The van der Waals surface area contributed by atoms with Crippen molar-refractivity contribution in [3.63, 3.8) is 0 Å². The fraction of sp³-hybridized carbons (Fsp3) is 0.500. The molecule has 47 valence electrons. The molecule has 0 aromatic heterocycles. The van der Waals surface area contributed by atoms with Crippen molar-refractivity contribution in [3.8, 4) is 0 Å². The molecule has 1 atom stereocenters. The molecular formula is C6H11O2. The lowest BCUT2D eigenvalue weighted by molar-refractivity contribution is 0.267. The van der Waals surface area contributed by atoms with Crippen molar-refractivity contribution in [1.82, 2.24) is 0 Å². The zero-order valence-electron chi connectivity index (χ0n) is 4.75. The molecule has 1 unspecified atom stereocenters. The van der Waals surface area contributed by atoms with E-state index in [1.165, 1.54) is 6.08 Å². The molecule has 0 heterocycles. The van der Waals surface area contributed by atoms with Crippen molar-refractivity contribution in [2.75, 3.05) is 6.61 Å². The second-order valence-electron chi connectivity index (χ2n) is 1.51. The third kappa shape index (κ3) is 5.66. The third-order valence-electron chi connectivity index (χ3n) is 0.654. The van der Waals surface area contributed by atoms with Crippen molar-refractivity contribution in [1.29, 1.82) is 0 Å². The number of rotatable bonds is 3. The van der Waals surface area contributed by atoms with Crippen LogP contribution in [0.4, 0.5) is 0 Å². The van der Waals surface area contributed by atoms with Crippen molar-refractivity contribution in [2.24, 2.45) is 0 Å². The molecule has 0 aliphatic rings. The molecule has 0 saturated carbocycles. The Balaban J connectivity index is 3.07. The predicted octanol–water partition coefficient (Wildman–Crippen LogP) is 0.120. The minimum Gasteiger partial charge on any atom is -0.396 e. The first kappa shape index (κ1) is 7.66. The van der Waals surface area contributed by atoms with E-state index in [0.717, 1.165) is 0 Å². The summed E-state index contributed by atoms with van der Waals surface area (Å²) in [6, 6.07) is 0. The van der Waals surface area contributed by atoms with Crippen LogP contribution in [-0.4, -0.2) is 22.9 Å². The first-order chi connectivity index (χ1) is 3.77. The highest BCUT2D eigenvalue weighted by Gasteiger charge is 1.82. The van der Waals surface area contributed by atoms with E-state index in [9.17, 15) is 0 Å². The minimum atomic E-state index is -0.637. The fourth-order valence-corrected chi connectivity index (χ4v) is 0.328. The SMILES string of the molecule is [CH2]C(O)C=CCCO. The molecule has 0 aromatic carbocycles. The van der Waals surface area contributed by atoms with Gasteiger partial charge < -0.3 is 10.2 Å². The van der Waals surface area contributed by atoms with Gasteiger partial charge in [0.2, 0.25) is 0 Å². The number of hydrogen-bond acceptors (Lipinski definition) is 2. The first-order valence-electron chi connectivity index (χ1n) is 2.56. The molecule has 2 nitrogen and oxygen atoms in total. The van der Waals surface area contributed by atoms with Crippen LogP contribution in [0.5, 0.6) is 0 Å². The number of aliphatic hydroxyl groups is 2. The van der Waals surface area contributed by atoms with E-state index < -0.39 is 6.10 Å². The van der Waals surface area contributed by atoms with E-state index >= 15 is 0 Å². The van der Waals surface area contributed by atoms with Crippen LogP contribution in [0.1, 0.15) is 6.42 Å². The predicted molar refractivity (Wildman–Crippen MR) is 32.2 cm³/mol. The van der Waals surface area contributed by atoms with Gasteiger partial charge >= 0.3 is 0 Å². The second kappa shape index (κ2) is 4.81. The lowest BCUT2D eigenvalue weighted by atomic mass is 10.3. The summed E-state index contributed by atoms with van der Waals surface area (Å²) in [6.07, 6.45) is 3.18. The minimum absolute atomic E-state index is 0.128. The Kier molecular flexibility index (Phi) is 4.61. The lowest BCUT2D eigenvalue weighted by Gasteiger charge is -1.90. The zero-order chi connectivity index (χ0) is 6.41. The largest absolute Gasteiger partial charge is 0.396 e. The van der Waals surface area contributed by atoms with Crippen LogP contribution < -0.4 is 0 Å². The molecule has 0 aliphatic carbocycles. The maximum absolute atomic E-state index is 8.50. The molecular weight excluding hydrogens is 104 g/mol.